The van der Waals surface area contributed by atoms with E-state index >= 15 is 0 Å². The Morgan fingerprint density at radius 3 is 2.73 bits per heavy atom. The summed E-state index contributed by atoms with van der Waals surface area (Å²) in [5, 5.41) is 10.1. The number of benzene rings is 2. The molecule has 0 unspecified atom stereocenters. The molecule has 0 aliphatic carbocycles. The molecule has 0 saturated carbocycles. The Kier molecular flexibility index (Phi) is 5.78. The van der Waals surface area contributed by atoms with Crippen molar-refractivity contribution in [3.05, 3.63) is 64.7 Å². The molecule has 5 N–H and O–H groups in total. The molecule has 1 aromatic heterocycles. The number of aryl methyl sites for hydroxylation is 1. The second kappa shape index (κ2) is 9.03. The van der Waals surface area contributed by atoms with E-state index in [2.05, 4.69) is 50.1 Å². The Hall–Kier alpha value is -3.72. The molecular weight excluding hydrogens is 416 g/mol. The predicted octanol–water partition coefficient (Wildman–Crippen LogP) is 2.36. The van der Waals surface area contributed by atoms with Gasteiger partial charge in [-0.25, -0.2) is 0 Å². The van der Waals surface area contributed by atoms with E-state index in [4.69, 9.17) is 15.7 Å². The van der Waals surface area contributed by atoms with Gasteiger partial charge in [0.2, 0.25) is 23.8 Å². The van der Waals surface area contributed by atoms with Gasteiger partial charge in [0.25, 0.3) is 0 Å². The fraction of sp³-hybridized carbons (Fsp3) is 0.333. The lowest BCUT2D eigenvalue weighted by atomic mass is 10.0. The van der Waals surface area contributed by atoms with Gasteiger partial charge in [0.1, 0.15) is 0 Å². The average molecular weight is 445 g/mol. The maximum absolute atomic E-state index is 11.7. The minimum absolute atomic E-state index is 0.273. The van der Waals surface area contributed by atoms with Crippen molar-refractivity contribution in [3.8, 4) is 0 Å². The molecule has 2 aromatic carbocycles. The molecule has 3 aromatic rings. The summed E-state index contributed by atoms with van der Waals surface area (Å²) in [7, 11) is 0. The van der Waals surface area contributed by atoms with Crippen molar-refractivity contribution in [3.63, 3.8) is 0 Å². The van der Waals surface area contributed by atoms with Crippen LogP contribution in [0.4, 0.5) is 23.5 Å². The van der Waals surface area contributed by atoms with Gasteiger partial charge in [-0.15, -0.1) is 0 Å². The molecule has 170 valence electrons. The molecular formula is C24H28N8O. The van der Waals surface area contributed by atoms with Gasteiger partial charge in [-0.2, -0.15) is 15.0 Å². The number of carbonyl (C=O) groups is 1. The van der Waals surface area contributed by atoms with Gasteiger partial charge in [0.15, 0.2) is 0 Å². The highest BCUT2D eigenvalue weighted by Gasteiger charge is 2.22. The van der Waals surface area contributed by atoms with Gasteiger partial charge in [0.05, 0.1) is 0 Å². The lowest BCUT2D eigenvalue weighted by Crippen LogP contribution is -2.32. The van der Waals surface area contributed by atoms with Crippen molar-refractivity contribution in [2.75, 3.05) is 35.2 Å². The summed E-state index contributed by atoms with van der Waals surface area (Å²) in [6.45, 7) is 5.39. The van der Waals surface area contributed by atoms with Crippen LogP contribution in [0.5, 0.6) is 0 Å². The molecule has 2 aliphatic rings. The molecule has 9 nitrogen and oxygen atoms in total. The van der Waals surface area contributed by atoms with Gasteiger partial charge < -0.3 is 26.6 Å². The largest absolute Gasteiger partial charge is 0.366 e. The van der Waals surface area contributed by atoms with Crippen LogP contribution in [-0.4, -0.2) is 46.5 Å². The molecule has 2 aliphatic heterocycles. The van der Waals surface area contributed by atoms with Gasteiger partial charge >= 0.3 is 0 Å². The number of primary amides is 1. The fourth-order valence-corrected chi connectivity index (χ4v) is 4.28. The number of amides is 1. The number of hydrogen-bond donors (Lipinski definition) is 4. The number of hydrogen-bond acceptors (Lipinski definition) is 8. The number of nitrogens with one attached hydrogen (secondary N) is 3. The molecule has 1 fully saturated rings. The Bertz CT molecular complexity index is 1170. The lowest BCUT2D eigenvalue weighted by Gasteiger charge is -2.29. The van der Waals surface area contributed by atoms with Crippen LogP contribution in [0.3, 0.4) is 0 Å². The first-order valence-electron chi connectivity index (χ1n) is 11.3. The van der Waals surface area contributed by atoms with Crippen molar-refractivity contribution in [2.45, 2.75) is 32.4 Å². The molecule has 1 amide bonds. The van der Waals surface area contributed by atoms with Crippen LogP contribution >= 0.6 is 0 Å². The third kappa shape index (κ3) is 4.73. The first-order chi connectivity index (χ1) is 16.0. The summed E-state index contributed by atoms with van der Waals surface area (Å²) in [6, 6.07) is 14.1. The summed E-state index contributed by atoms with van der Waals surface area (Å²) >= 11 is 0. The quantitative estimate of drug-likeness (QED) is 0.457. The first-order valence-corrected chi connectivity index (χ1v) is 11.3. The van der Waals surface area contributed by atoms with E-state index in [0.29, 0.717) is 23.4 Å². The Balaban J connectivity index is 1.47. The Morgan fingerprint density at radius 2 is 1.94 bits per heavy atom. The normalized spacial score (nSPS) is 17.5. The minimum Gasteiger partial charge on any atom is -0.366 e. The van der Waals surface area contributed by atoms with Crippen LogP contribution in [0, 0.1) is 6.92 Å². The standard InChI is InChI=1S/C24H28N8O/c1-15-6-7-17(21(25)33)12-20(15)28-23-29-22(27-19-8-10-26-13-19)30-24(31-23)32-11-9-16-4-2-3-5-18(16)14-32/h2-7,12,19,26H,8-11,13-14H2,1H3,(H2,25,33)(H2,27,28,29,30,31)/t19-/m1/s1. The molecule has 3 heterocycles. The number of nitrogens with zero attached hydrogens (tertiary/aromatic N) is 4. The summed E-state index contributed by atoms with van der Waals surface area (Å²) in [5.74, 6) is 1.12. The van der Waals surface area contributed by atoms with E-state index in [-0.39, 0.29) is 6.04 Å². The van der Waals surface area contributed by atoms with Gasteiger partial charge in [0, 0.05) is 36.9 Å². The second-order valence-electron chi connectivity index (χ2n) is 8.58. The Labute approximate surface area is 192 Å². The molecule has 0 radical (unpaired) electrons. The van der Waals surface area contributed by atoms with Crippen molar-refractivity contribution >= 4 is 29.4 Å². The van der Waals surface area contributed by atoms with Crippen molar-refractivity contribution in [2.24, 2.45) is 5.73 Å². The van der Waals surface area contributed by atoms with Gasteiger partial charge in [-0.05, 0) is 55.1 Å². The molecule has 33 heavy (non-hydrogen) atoms. The molecule has 0 bridgehead atoms. The topological polar surface area (TPSA) is 121 Å². The third-order valence-electron chi connectivity index (χ3n) is 6.20. The van der Waals surface area contributed by atoms with Crippen LogP contribution in [-0.2, 0) is 13.0 Å². The zero-order valence-corrected chi connectivity index (χ0v) is 18.6. The monoisotopic (exact) mass is 444 g/mol. The lowest BCUT2D eigenvalue weighted by molar-refractivity contribution is 0.100. The summed E-state index contributed by atoms with van der Waals surface area (Å²) in [6.07, 6.45) is 1.96. The SMILES string of the molecule is Cc1ccc(C(N)=O)cc1Nc1nc(N[C@@H]2CCNC2)nc(N2CCc3ccccc3C2)n1. The fourth-order valence-electron chi connectivity index (χ4n) is 4.28. The van der Waals surface area contributed by atoms with Crippen molar-refractivity contribution in [1.82, 2.24) is 20.3 Å². The number of rotatable bonds is 6. The van der Waals surface area contributed by atoms with E-state index in [1.807, 2.05) is 13.0 Å². The number of aromatic nitrogens is 3. The zero-order valence-electron chi connectivity index (χ0n) is 18.6. The van der Waals surface area contributed by atoms with Gasteiger partial charge in [-0.3, -0.25) is 4.79 Å². The number of anilines is 4. The highest BCUT2D eigenvalue weighted by molar-refractivity contribution is 5.94. The minimum atomic E-state index is -0.475. The van der Waals surface area contributed by atoms with Crippen LogP contribution in [0.1, 0.15) is 33.5 Å². The average Bonchev–Trinajstić information content (AvgIpc) is 3.33. The molecule has 1 atom stereocenters. The highest BCUT2D eigenvalue weighted by Crippen LogP contribution is 2.26. The molecule has 9 heteroatoms. The van der Waals surface area contributed by atoms with Crippen molar-refractivity contribution in [1.29, 1.82) is 0 Å². The maximum Gasteiger partial charge on any atom is 0.248 e. The molecule has 0 spiro atoms. The smallest absolute Gasteiger partial charge is 0.248 e. The zero-order chi connectivity index (χ0) is 22.8. The number of nitrogens with two attached hydrogens (primary N) is 1. The highest BCUT2D eigenvalue weighted by atomic mass is 16.1. The Morgan fingerprint density at radius 1 is 1.12 bits per heavy atom. The van der Waals surface area contributed by atoms with E-state index in [1.165, 1.54) is 11.1 Å². The van der Waals surface area contributed by atoms with E-state index in [9.17, 15) is 4.79 Å². The van der Waals surface area contributed by atoms with E-state index in [0.717, 1.165) is 50.3 Å². The van der Waals surface area contributed by atoms with Crippen LogP contribution < -0.4 is 26.6 Å². The van der Waals surface area contributed by atoms with Crippen LogP contribution in [0.25, 0.3) is 0 Å². The molecule has 5 rings (SSSR count). The third-order valence-corrected chi connectivity index (χ3v) is 6.20. The predicted molar refractivity (Wildman–Crippen MR) is 129 cm³/mol. The van der Waals surface area contributed by atoms with E-state index in [1.54, 1.807) is 12.1 Å². The number of carbonyl (C=O) groups excluding carboxylic acids is 1. The summed E-state index contributed by atoms with van der Waals surface area (Å²) < 4.78 is 0. The van der Waals surface area contributed by atoms with Crippen molar-refractivity contribution < 1.29 is 4.79 Å². The van der Waals surface area contributed by atoms with Crippen LogP contribution in [0.15, 0.2) is 42.5 Å². The molecule has 1 saturated heterocycles. The summed E-state index contributed by atoms with van der Waals surface area (Å²) in [4.78, 5) is 28.0. The maximum atomic E-state index is 11.7. The van der Waals surface area contributed by atoms with Crippen LogP contribution in [0.2, 0.25) is 0 Å². The number of fused-ring (bicyclic) bond motifs is 1. The van der Waals surface area contributed by atoms with E-state index < -0.39 is 5.91 Å². The second-order valence-corrected chi connectivity index (χ2v) is 8.58. The first kappa shape index (κ1) is 21.1. The summed E-state index contributed by atoms with van der Waals surface area (Å²) in [5.41, 5.74) is 10.3. The van der Waals surface area contributed by atoms with Gasteiger partial charge in [-0.1, -0.05) is 30.3 Å².